The van der Waals surface area contributed by atoms with Crippen molar-refractivity contribution < 1.29 is 9.21 Å². The zero-order valence-electron chi connectivity index (χ0n) is 10.9. The van der Waals surface area contributed by atoms with Gasteiger partial charge >= 0.3 is 0 Å². The Balaban J connectivity index is 1.77. The van der Waals surface area contributed by atoms with Gasteiger partial charge in [0.05, 0.1) is 17.5 Å². The Morgan fingerprint density at radius 1 is 1.53 bits per heavy atom. The molecular formula is C13H16BrN3O2. The molecular weight excluding hydrogens is 310 g/mol. The predicted molar refractivity (Wildman–Crippen MR) is 75.1 cm³/mol. The molecule has 2 rings (SSSR count). The van der Waals surface area contributed by atoms with Gasteiger partial charge in [0.25, 0.3) is 5.91 Å². The molecule has 0 unspecified atom stereocenters. The Morgan fingerprint density at radius 3 is 2.89 bits per heavy atom. The molecule has 0 spiro atoms. The zero-order valence-corrected chi connectivity index (χ0v) is 12.5. The highest BCUT2D eigenvalue weighted by Gasteiger charge is 2.11. The van der Waals surface area contributed by atoms with E-state index >= 15 is 0 Å². The summed E-state index contributed by atoms with van der Waals surface area (Å²) >= 11 is 3.18. The second kappa shape index (κ2) is 6.06. The first-order valence-corrected chi connectivity index (χ1v) is 6.89. The Kier molecular flexibility index (Phi) is 4.42. The number of aromatic nitrogens is 2. The van der Waals surface area contributed by atoms with Gasteiger partial charge in [-0.1, -0.05) is 0 Å². The van der Waals surface area contributed by atoms with Crippen LogP contribution in [-0.2, 0) is 6.54 Å². The molecule has 0 fully saturated rings. The molecule has 1 amide bonds. The van der Waals surface area contributed by atoms with Crippen LogP contribution in [0.15, 0.2) is 27.5 Å². The monoisotopic (exact) mass is 325 g/mol. The van der Waals surface area contributed by atoms with Gasteiger partial charge in [0.1, 0.15) is 0 Å². The largest absolute Gasteiger partial charge is 0.457 e. The van der Waals surface area contributed by atoms with Gasteiger partial charge in [0, 0.05) is 18.8 Å². The molecule has 0 aliphatic carbocycles. The van der Waals surface area contributed by atoms with E-state index in [-0.39, 0.29) is 5.91 Å². The van der Waals surface area contributed by atoms with E-state index in [1.165, 1.54) is 6.26 Å². The maximum absolute atomic E-state index is 11.8. The van der Waals surface area contributed by atoms with E-state index in [0.717, 1.165) is 24.4 Å². The summed E-state index contributed by atoms with van der Waals surface area (Å²) < 4.78 is 7.44. The number of nitrogens with zero attached hydrogens (tertiary/aromatic N) is 2. The molecule has 0 bridgehead atoms. The second-order valence-electron chi connectivity index (χ2n) is 4.37. The van der Waals surface area contributed by atoms with E-state index in [0.29, 0.717) is 16.8 Å². The molecule has 5 nitrogen and oxygen atoms in total. The summed E-state index contributed by atoms with van der Waals surface area (Å²) in [7, 11) is 0. The van der Waals surface area contributed by atoms with Crippen LogP contribution < -0.4 is 5.32 Å². The number of carbonyl (C=O) groups excluding carboxylic acids is 1. The fourth-order valence-electron chi connectivity index (χ4n) is 1.88. The van der Waals surface area contributed by atoms with Crippen LogP contribution in [-0.4, -0.2) is 22.2 Å². The van der Waals surface area contributed by atoms with E-state index in [2.05, 4.69) is 26.3 Å². The summed E-state index contributed by atoms with van der Waals surface area (Å²) in [6.45, 7) is 5.41. The lowest BCUT2D eigenvalue weighted by Gasteiger charge is -2.06. The third kappa shape index (κ3) is 3.47. The highest BCUT2D eigenvalue weighted by Crippen LogP contribution is 2.16. The summed E-state index contributed by atoms with van der Waals surface area (Å²) in [5, 5.41) is 7.22. The first-order chi connectivity index (χ1) is 9.08. The number of hydrogen-bond acceptors (Lipinski definition) is 3. The minimum absolute atomic E-state index is 0.131. The van der Waals surface area contributed by atoms with Gasteiger partial charge in [-0.3, -0.25) is 9.48 Å². The lowest BCUT2D eigenvalue weighted by atomic mass is 10.3. The van der Waals surface area contributed by atoms with Gasteiger partial charge in [0.2, 0.25) is 0 Å². The second-order valence-corrected chi connectivity index (χ2v) is 5.09. The van der Waals surface area contributed by atoms with Crippen LogP contribution >= 0.6 is 15.9 Å². The minimum Gasteiger partial charge on any atom is -0.457 e. The van der Waals surface area contributed by atoms with Crippen molar-refractivity contribution in [3.05, 3.63) is 40.0 Å². The van der Waals surface area contributed by atoms with Crippen LogP contribution in [0.4, 0.5) is 0 Å². The van der Waals surface area contributed by atoms with Crippen molar-refractivity contribution in [3.63, 3.8) is 0 Å². The molecule has 2 heterocycles. The van der Waals surface area contributed by atoms with Crippen LogP contribution in [0.3, 0.4) is 0 Å². The van der Waals surface area contributed by atoms with Crippen LogP contribution in [0.25, 0.3) is 0 Å². The smallest absolute Gasteiger partial charge is 0.255 e. The summed E-state index contributed by atoms with van der Waals surface area (Å²) in [5.74, 6) is -0.131. The zero-order chi connectivity index (χ0) is 13.8. The predicted octanol–water partition coefficient (Wildman–Crippen LogP) is 2.68. The summed E-state index contributed by atoms with van der Waals surface area (Å²) in [6, 6.07) is 3.68. The van der Waals surface area contributed by atoms with Crippen molar-refractivity contribution in [2.45, 2.75) is 26.8 Å². The van der Waals surface area contributed by atoms with E-state index in [9.17, 15) is 4.79 Å². The summed E-state index contributed by atoms with van der Waals surface area (Å²) in [6.07, 6.45) is 2.32. The molecule has 0 atom stereocenters. The standard InChI is InChI=1S/C13H16BrN3O2/c1-9-8-10(2)17(16-9)6-3-5-15-13(18)11-4-7-19-12(11)14/h4,7-8H,3,5-6H2,1-2H3,(H,15,18). The average Bonchev–Trinajstić information content (AvgIpc) is 2.91. The van der Waals surface area contributed by atoms with Crippen molar-refractivity contribution in [1.29, 1.82) is 0 Å². The molecule has 0 saturated carbocycles. The number of halogens is 1. The maximum Gasteiger partial charge on any atom is 0.255 e. The molecule has 0 radical (unpaired) electrons. The lowest BCUT2D eigenvalue weighted by molar-refractivity contribution is 0.0951. The summed E-state index contributed by atoms with van der Waals surface area (Å²) in [4.78, 5) is 11.8. The van der Waals surface area contributed by atoms with Gasteiger partial charge in [-0.05, 0) is 48.3 Å². The number of hydrogen-bond donors (Lipinski definition) is 1. The SMILES string of the molecule is Cc1cc(C)n(CCCNC(=O)c2ccoc2Br)n1. The molecule has 0 saturated heterocycles. The lowest BCUT2D eigenvalue weighted by Crippen LogP contribution is -2.25. The Bertz CT molecular complexity index is 574. The number of aryl methyl sites for hydroxylation is 3. The molecule has 0 aliphatic rings. The van der Waals surface area contributed by atoms with Gasteiger partial charge < -0.3 is 9.73 Å². The average molecular weight is 326 g/mol. The Hall–Kier alpha value is -1.56. The number of carbonyl (C=O) groups is 1. The van der Waals surface area contributed by atoms with Gasteiger partial charge in [-0.25, -0.2) is 0 Å². The molecule has 6 heteroatoms. The van der Waals surface area contributed by atoms with E-state index in [4.69, 9.17) is 4.42 Å². The summed E-state index contributed by atoms with van der Waals surface area (Å²) in [5.41, 5.74) is 2.68. The van der Waals surface area contributed by atoms with Gasteiger partial charge in [0.15, 0.2) is 4.67 Å². The van der Waals surface area contributed by atoms with Crippen molar-refractivity contribution >= 4 is 21.8 Å². The number of nitrogens with one attached hydrogen (secondary N) is 1. The Morgan fingerprint density at radius 2 is 2.32 bits per heavy atom. The molecule has 2 aromatic heterocycles. The first kappa shape index (κ1) is 13.9. The fraction of sp³-hybridized carbons (Fsp3) is 0.385. The minimum atomic E-state index is -0.131. The van der Waals surface area contributed by atoms with Crippen molar-refractivity contribution in [3.8, 4) is 0 Å². The topological polar surface area (TPSA) is 60.1 Å². The number of rotatable bonds is 5. The van der Waals surface area contributed by atoms with Crippen molar-refractivity contribution in [1.82, 2.24) is 15.1 Å². The number of amides is 1. The molecule has 2 aromatic rings. The molecule has 102 valence electrons. The van der Waals surface area contributed by atoms with Crippen LogP contribution in [0.2, 0.25) is 0 Å². The molecule has 0 aromatic carbocycles. The quantitative estimate of drug-likeness (QED) is 0.860. The third-order valence-corrected chi connectivity index (χ3v) is 3.41. The first-order valence-electron chi connectivity index (χ1n) is 6.10. The number of furan rings is 1. The molecule has 1 N–H and O–H groups in total. The van der Waals surface area contributed by atoms with E-state index in [1.54, 1.807) is 6.07 Å². The van der Waals surface area contributed by atoms with Crippen molar-refractivity contribution in [2.75, 3.05) is 6.54 Å². The van der Waals surface area contributed by atoms with Crippen molar-refractivity contribution in [2.24, 2.45) is 0 Å². The third-order valence-electron chi connectivity index (χ3n) is 2.80. The Labute approximate surface area is 120 Å². The normalized spacial score (nSPS) is 10.7. The van der Waals surface area contributed by atoms with Gasteiger partial charge in [-0.15, -0.1) is 0 Å². The van der Waals surface area contributed by atoms with Crippen LogP contribution in [0.5, 0.6) is 0 Å². The highest BCUT2D eigenvalue weighted by atomic mass is 79.9. The van der Waals surface area contributed by atoms with E-state index < -0.39 is 0 Å². The van der Waals surface area contributed by atoms with E-state index in [1.807, 2.05) is 24.6 Å². The van der Waals surface area contributed by atoms with Gasteiger partial charge in [-0.2, -0.15) is 5.10 Å². The fourth-order valence-corrected chi connectivity index (χ4v) is 2.30. The maximum atomic E-state index is 11.8. The highest BCUT2D eigenvalue weighted by molar-refractivity contribution is 9.10. The van der Waals surface area contributed by atoms with Crippen LogP contribution in [0.1, 0.15) is 28.2 Å². The molecule has 19 heavy (non-hydrogen) atoms. The van der Waals surface area contributed by atoms with Crippen LogP contribution in [0, 0.1) is 13.8 Å². The molecule has 0 aliphatic heterocycles.